The van der Waals surface area contributed by atoms with Crippen molar-refractivity contribution in [3.8, 4) is 0 Å². The molecule has 1 saturated heterocycles. The normalized spacial score (nSPS) is 32.3. The quantitative estimate of drug-likeness (QED) is 0.872. The molecule has 1 N–H and O–H groups in total. The van der Waals surface area contributed by atoms with Crippen molar-refractivity contribution in [1.82, 2.24) is 0 Å². The second-order valence-corrected chi connectivity index (χ2v) is 7.27. The molecule has 3 heteroatoms. The summed E-state index contributed by atoms with van der Waals surface area (Å²) in [6.07, 6.45) is 2.92. The predicted octanol–water partition coefficient (Wildman–Crippen LogP) is 4.37. The summed E-state index contributed by atoms with van der Waals surface area (Å²) >= 11 is 3.69. The Morgan fingerprint density at radius 3 is 2.95 bits per heavy atom. The summed E-state index contributed by atoms with van der Waals surface area (Å²) < 4.78 is 7.15. The van der Waals surface area contributed by atoms with Crippen molar-refractivity contribution in [3.05, 3.63) is 28.2 Å². The molecule has 3 rings (SSSR count). The molecule has 1 saturated carbocycles. The van der Waals surface area contributed by atoms with E-state index in [1.165, 1.54) is 28.6 Å². The van der Waals surface area contributed by atoms with Crippen molar-refractivity contribution in [2.45, 2.75) is 45.8 Å². The zero-order chi connectivity index (χ0) is 13.6. The third-order valence-corrected chi connectivity index (χ3v) is 5.89. The average Bonchev–Trinajstić information content (AvgIpc) is 2.40. The van der Waals surface area contributed by atoms with Crippen LogP contribution in [0, 0.1) is 18.3 Å². The minimum Gasteiger partial charge on any atom is -0.380 e. The molecule has 0 aromatic heterocycles. The molecule has 2 aliphatic rings. The van der Waals surface area contributed by atoms with Crippen LogP contribution in [0.1, 0.15) is 32.3 Å². The monoisotopic (exact) mass is 323 g/mol. The fourth-order valence-corrected chi connectivity index (χ4v) is 4.12. The highest BCUT2D eigenvalue weighted by Crippen LogP contribution is 2.52. The Bertz CT molecular complexity index is 486. The summed E-state index contributed by atoms with van der Waals surface area (Å²) in [5.74, 6) is 0.663. The first-order valence-corrected chi connectivity index (χ1v) is 7.94. The lowest BCUT2D eigenvalue weighted by molar-refractivity contribution is -0.177. The number of rotatable bonds is 2. The number of ether oxygens (including phenoxy) is 1. The molecule has 19 heavy (non-hydrogen) atoms. The highest BCUT2D eigenvalue weighted by atomic mass is 79.9. The average molecular weight is 324 g/mol. The molecule has 1 aromatic carbocycles. The highest BCUT2D eigenvalue weighted by Gasteiger charge is 2.57. The van der Waals surface area contributed by atoms with E-state index >= 15 is 0 Å². The van der Waals surface area contributed by atoms with Crippen molar-refractivity contribution in [3.63, 3.8) is 0 Å². The third-order valence-electron chi connectivity index (χ3n) is 4.83. The maximum absolute atomic E-state index is 5.96. The standard InChI is InChI=1S/C16H22BrNO/c1-10-6-4-8-12(13(10)17)18-14-11-7-5-9-19-15(11)16(14,2)3/h4,6,8,11,14-15,18H,5,7,9H2,1-3H3. The molecule has 104 valence electrons. The molecule has 2 fully saturated rings. The van der Waals surface area contributed by atoms with Crippen molar-refractivity contribution in [2.75, 3.05) is 11.9 Å². The van der Waals surface area contributed by atoms with Crippen LogP contribution in [0.5, 0.6) is 0 Å². The van der Waals surface area contributed by atoms with Gasteiger partial charge in [-0.3, -0.25) is 0 Å². The topological polar surface area (TPSA) is 21.3 Å². The molecular formula is C16H22BrNO. The molecule has 0 radical (unpaired) electrons. The maximum Gasteiger partial charge on any atom is 0.0693 e. The van der Waals surface area contributed by atoms with Gasteiger partial charge in [0, 0.05) is 34.1 Å². The van der Waals surface area contributed by atoms with E-state index in [-0.39, 0.29) is 5.41 Å². The van der Waals surface area contributed by atoms with Crippen LogP contribution in [0.4, 0.5) is 5.69 Å². The number of fused-ring (bicyclic) bond motifs is 1. The number of halogens is 1. The summed E-state index contributed by atoms with van der Waals surface area (Å²) in [6.45, 7) is 7.71. The van der Waals surface area contributed by atoms with Crippen LogP contribution < -0.4 is 5.32 Å². The van der Waals surface area contributed by atoms with E-state index < -0.39 is 0 Å². The molecular weight excluding hydrogens is 302 g/mol. The first-order chi connectivity index (χ1) is 9.01. The van der Waals surface area contributed by atoms with Gasteiger partial charge in [0.05, 0.1) is 6.10 Å². The number of hydrogen-bond donors (Lipinski definition) is 1. The minimum atomic E-state index is 0.217. The highest BCUT2D eigenvalue weighted by molar-refractivity contribution is 9.10. The molecule has 1 aliphatic carbocycles. The van der Waals surface area contributed by atoms with Gasteiger partial charge in [-0.05, 0) is 47.3 Å². The van der Waals surface area contributed by atoms with Gasteiger partial charge in [0.2, 0.25) is 0 Å². The Labute approximate surface area is 124 Å². The largest absolute Gasteiger partial charge is 0.380 e. The fraction of sp³-hybridized carbons (Fsp3) is 0.625. The van der Waals surface area contributed by atoms with E-state index in [1.807, 2.05) is 0 Å². The van der Waals surface area contributed by atoms with Gasteiger partial charge in [0.15, 0.2) is 0 Å². The Kier molecular flexibility index (Phi) is 3.38. The van der Waals surface area contributed by atoms with Gasteiger partial charge in [-0.2, -0.15) is 0 Å². The van der Waals surface area contributed by atoms with E-state index in [1.54, 1.807) is 0 Å². The number of nitrogens with one attached hydrogen (secondary N) is 1. The lowest BCUT2D eigenvalue weighted by atomic mass is 9.55. The first kappa shape index (κ1) is 13.4. The van der Waals surface area contributed by atoms with E-state index in [9.17, 15) is 0 Å². The summed E-state index contributed by atoms with van der Waals surface area (Å²) in [5.41, 5.74) is 2.70. The Hall–Kier alpha value is -0.540. The Balaban J connectivity index is 1.81. The fourth-order valence-electron chi connectivity index (χ4n) is 3.74. The summed E-state index contributed by atoms with van der Waals surface area (Å²) in [6, 6.07) is 6.91. The van der Waals surface area contributed by atoms with Crippen LogP contribution in [0.15, 0.2) is 22.7 Å². The lowest BCUT2D eigenvalue weighted by Gasteiger charge is -2.60. The second-order valence-electron chi connectivity index (χ2n) is 6.48. The van der Waals surface area contributed by atoms with Gasteiger partial charge in [0.25, 0.3) is 0 Å². The van der Waals surface area contributed by atoms with Gasteiger partial charge in [-0.1, -0.05) is 26.0 Å². The van der Waals surface area contributed by atoms with Gasteiger partial charge in [-0.25, -0.2) is 0 Å². The van der Waals surface area contributed by atoms with Crippen LogP contribution in [0.2, 0.25) is 0 Å². The molecule has 3 atom stereocenters. The van der Waals surface area contributed by atoms with E-state index in [0.29, 0.717) is 18.1 Å². The van der Waals surface area contributed by atoms with Crippen molar-refractivity contribution < 1.29 is 4.74 Å². The van der Waals surface area contributed by atoms with Crippen molar-refractivity contribution >= 4 is 21.6 Å². The smallest absolute Gasteiger partial charge is 0.0693 e. The molecule has 0 bridgehead atoms. The minimum absolute atomic E-state index is 0.217. The van der Waals surface area contributed by atoms with Crippen LogP contribution in [0.3, 0.4) is 0 Å². The first-order valence-electron chi connectivity index (χ1n) is 7.15. The van der Waals surface area contributed by atoms with Crippen LogP contribution in [0.25, 0.3) is 0 Å². The second kappa shape index (κ2) is 4.78. The molecule has 0 spiro atoms. The summed E-state index contributed by atoms with van der Waals surface area (Å²) in [4.78, 5) is 0. The van der Waals surface area contributed by atoms with E-state index in [0.717, 1.165) is 6.61 Å². The summed E-state index contributed by atoms with van der Waals surface area (Å²) in [7, 11) is 0. The van der Waals surface area contributed by atoms with E-state index in [4.69, 9.17) is 4.74 Å². The zero-order valence-electron chi connectivity index (χ0n) is 11.9. The van der Waals surface area contributed by atoms with Crippen molar-refractivity contribution in [2.24, 2.45) is 11.3 Å². The molecule has 2 nitrogen and oxygen atoms in total. The molecule has 1 aromatic rings. The number of hydrogen-bond acceptors (Lipinski definition) is 2. The maximum atomic E-state index is 5.96. The van der Waals surface area contributed by atoms with Crippen LogP contribution in [-0.2, 0) is 4.74 Å². The molecule has 0 amide bonds. The predicted molar refractivity (Wildman–Crippen MR) is 82.5 cm³/mol. The van der Waals surface area contributed by atoms with Crippen LogP contribution >= 0.6 is 15.9 Å². The lowest BCUT2D eigenvalue weighted by Crippen LogP contribution is -2.67. The number of aryl methyl sites for hydroxylation is 1. The van der Waals surface area contributed by atoms with Gasteiger partial charge < -0.3 is 10.1 Å². The van der Waals surface area contributed by atoms with Gasteiger partial charge >= 0.3 is 0 Å². The summed E-state index contributed by atoms with van der Waals surface area (Å²) in [5, 5.41) is 3.75. The number of benzene rings is 1. The van der Waals surface area contributed by atoms with E-state index in [2.05, 4.69) is 60.2 Å². The van der Waals surface area contributed by atoms with Crippen molar-refractivity contribution in [1.29, 1.82) is 0 Å². The molecule has 3 unspecified atom stereocenters. The Morgan fingerprint density at radius 2 is 2.16 bits per heavy atom. The zero-order valence-corrected chi connectivity index (χ0v) is 13.5. The molecule has 1 heterocycles. The van der Waals surface area contributed by atoms with Gasteiger partial charge in [-0.15, -0.1) is 0 Å². The number of anilines is 1. The molecule has 1 aliphatic heterocycles. The van der Waals surface area contributed by atoms with Crippen LogP contribution in [-0.4, -0.2) is 18.8 Å². The third kappa shape index (κ3) is 2.11. The Morgan fingerprint density at radius 1 is 1.37 bits per heavy atom. The van der Waals surface area contributed by atoms with Gasteiger partial charge in [0.1, 0.15) is 0 Å². The SMILES string of the molecule is Cc1cccc(NC2C3CCCOC3C2(C)C)c1Br.